The van der Waals surface area contributed by atoms with E-state index < -0.39 is 5.91 Å². The number of para-hydroxylation sites is 1. The number of nitrogens with zero attached hydrogens (tertiary/aromatic N) is 2. The number of hydrogen-bond donors (Lipinski definition) is 2. The van der Waals surface area contributed by atoms with E-state index in [1.807, 2.05) is 30.1 Å². The maximum absolute atomic E-state index is 11.1. The van der Waals surface area contributed by atoms with Crippen LogP contribution in [0.2, 0.25) is 0 Å². The highest BCUT2D eigenvalue weighted by Crippen LogP contribution is 2.22. The van der Waals surface area contributed by atoms with Crippen LogP contribution >= 0.6 is 0 Å². The molecule has 1 amide bonds. The first-order chi connectivity index (χ1) is 10.0. The number of carbonyl (C=O) groups excluding carboxylic acids is 1. The lowest BCUT2D eigenvalue weighted by atomic mass is 10.1. The van der Waals surface area contributed by atoms with Crippen LogP contribution in [0.15, 0.2) is 42.5 Å². The lowest BCUT2D eigenvalue weighted by Gasteiger charge is -2.21. The molecule has 2 aromatic rings. The molecular weight excluding hydrogens is 264 g/mol. The van der Waals surface area contributed by atoms with Gasteiger partial charge in [0.2, 0.25) is 5.91 Å². The first-order valence-electron chi connectivity index (χ1n) is 6.41. The van der Waals surface area contributed by atoms with E-state index >= 15 is 0 Å². The smallest absolute Gasteiger partial charge is 0.248 e. The van der Waals surface area contributed by atoms with E-state index in [1.165, 1.54) is 0 Å². The van der Waals surface area contributed by atoms with Crippen LogP contribution < -0.4 is 16.4 Å². The van der Waals surface area contributed by atoms with Gasteiger partial charge in [-0.05, 0) is 29.8 Å². The largest absolute Gasteiger partial charge is 0.398 e. The number of nitrogens with two attached hydrogens (primary N) is 2. The third kappa shape index (κ3) is 3.12. The Hall–Kier alpha value is -3.00. The fraction of sp³-hybridized carbons (Fsp3) is 0.125. The molecule has 0 spiro atoms. The highest BCUT2D eigenvalue weighted by molar-refractivity contribution is 5.93. The number of carbonyl (C=O) groups is 1. The van der Waals surface area contributed by atoms with Crippen molar-refractivity contribution in [3.8, 4) is 6.07 Å². The van der Waals surface area contributed by atoms with Gasteiger partial charge in [-0.2, -0.15) is 5.26 Å². The van der Waals surface area contributed by atoms with Crippen LogP contribution in [0.5, 0.6) is 0 Å². The van der Waals surface area contributed by atoms with Gasteiger partial charge in [-0.1, -0.05) is 18.2 Å². The van der Waals surface area contributed by atoms with Crippen molar-refractivity contribution in [2.24, 2.45) is 5.73 Å². The molecule has 0 fully saturated rings. The van der Waals surface area contributed by atoms with Crippen molar-refractivity contribution in [3.63, 3.8) is 0 Å². The third-order valence-electron chi connectivity index (χ3n) is 3.27. The summed E-state index contributed by atoms with van der Waals surface area (Å²) in [7, 11) is 1.89. The second kappa shape index (κ2) is 5.97. The SMILES string of the molecule is CN(Cc1ccc(C(N)=O)cc1N)c1ccccc1C#N. The fourth-order valence-corrected chi connectivity index (χ4v) is 2.13. The summed E-state index contributed by atoms with van der Waals surface area (Å²) in [6, 6.07) is 14.5. The average Bonchev–Trinajstić information content (AvgIpc) is 2.48. The number of hydrogen-bond acceptors (Lipinski definition) is 4. The zero-order valence-electron chi connectivity index (χ0n) is 11.7. The molecule has 21 heavy (non-hydrogen) atoms. The molecule has 4 N–H and O–H groups in total. The minimum absolute atomic E-state index is 0.385. The zero-order valence-corrected chi connectivity index (χ0v) is 11.7. The number of rotatable bonds is 4. The van der Waals surface area contributed by atoms with Gasteiger partial charge in [0.05, 0.1) is 11.3 Å². The first-order valence-corrected chi connectivity index (χ1v) is 6.41. The lowest BCUT2D eigenvalue weighted by molar-refractivity contribution is 0.100. The van der Waals surface area contributed by atoms with E-state index in [-0.39, 0.29) is 0 Å². The molecular formula is C16H16N4O. The molecule has 5 heteroatoms. The summed E-state index contributed by atoms with van der Waals surface area (Å²) in [5.74, 6) is -0.503. The molecule has 2 rings (SSSR count). The van der Waals surface area contributed by atoms with E-state index in [2.05, 4.69) is 6.07 Å². The van der Waals surface area contributed by atoms with Crippen molar-refractivity contribution in [1.29, 1.82) is 5.26 Å². The Morgan fingerprint density at radius 2 is 2.00 bits per heavy atom. The van der Waals surface area contributed by atoms with E-state index in [4.69, 9.17) is 16.7 Å². The molecule has 0 aliphatic rings. The van der Waals surface area contributed by atoms with Gasteiger partial charge in [0.1, 0.15) is 6.07 Å². The standard InChI is InChI=1S/C16H16N4O/c1-20(15-5-3-2-4-12(15)9-17)10-13-7-6-11(16(19)21)8-14(13)18/h2-8H,10,18H2,1H3,(H2,19,21). The van der Waals surface area contributed by atoms with Crippen LogP contribution in [0.4, 0.5) is 11.4 Å². The molecule has 0 saturated carbocycles. The predicted molar refractivity (Wildman–Crippen MR) is 82.6 cm³/mol. The third-order valence-corrected chi connectivity index (χ3v) is 3.27. The van der Waals surface area contributed by atoms with Crippen LogP contribution in [0.1, 0.15) is 21.5 Å². The summed E-state index contributed by atoms with van der Waals surface area (Å²) < 4.78 is 0. The second-order valence-electron chi connectivity index (χ2n) is 4.76. The monoisotopic (exact) mass is 280 g/mol. The maximum atomic E-state index is 11.1. The van der Waals surface area contributed by atoms with E-state index in [0.29, 0.717) is 23.4 Å². The molecule has 0 atom stereocenters. The fourth-order valence-electron chi connectivity index (χ4n) is 2.13. The number of nitrogen functional groups attached to an aromatic ring is 1. The van der Waals surface area contributed by atoms with E-state index in [9.17, 15) is 4.79 Å². The van der Waals surface area contributed by atoms with Crippen molar-refractivity contribution in [2.75, 3.05) is 17.7 Å². The number of benzene rings is 2. The normalized spacial score (nSPS) is 9.90. The number of nitriles is 1. The molecule has 0 heterocycles. The quantitative estimate of drug-likeness (QED) is 0.836. The minimum atomic E-state index is -0.503. The molecule has 0 aliphatic carbocycles. The molecule has 0 unspecified atom stereocenters. The number of primary amides is 1. The minimum Gasteiger partial charge on any atom is -0.398 e. The van der Waals surface area contributed by atoms with Crippen molar-refractivity contribution in [2.45, 2.75) is 6.54 Å². The van der Waals surface area contributed by atoms with Gasteiger partial charge >= 0.3 is 0 Å². The number of amides is 1. The molecule has 5 nitrogen and oxygen atoms in total. The molecule has 0 aromatic heterocycles. The predicted octanol–water partition coefficient (Wildman–Crippen LogP) is 1.88. The Morgan fingerprint density at radius 1 is 1.29 bits per heavy atom. The lowest BCUT2D eigenvalue weighted by Crippen LogP contribution is -2.19. The van der Waals surface area contributed by atoms with E-state index in [1.54, 1.807) is 24.3 Å². The molecule has 106 valence electrons. The van der Waals surface area contributed by atoms with Gasteiger partial charge < -0.3 is 16.4 Å². The Balaban J connectivity index is 2.26. The molecule has 0 bridgehead atoms. The molecule has 0 radical (unpaired) electrons. The Bertz CT molecular complexity index is 718. The Labute approximate surface area is 123 Å². The Morgan fingerprint density at radius 3 is 2.62 bits per heavy atom. The topological polar surface area (TPSA) is 96.1 Å². The van der Waals surface area contributed by atoms with Crippen molar-refractivity contribution < 1.29 is 4.79 Å². The maximum Gasteiger partial charge on any atom is 0.248 e. The van der Waals surface area contributed by atoms with Gasteiger partial charge in [0.15, 0.2) is 0 Å². The van der Waals surface area contributed by atoms with Crippen LogP contribution in [-0.2, 0) is 6.54 Å². The summed E-state index contributed by atoms with van der Waals surface area (Å²) in [4.78, 5) is 13.1. The second-order valence-corrected chi connectivity index (χ2v) is 4.76. The highest BCUT2D eigenvalue weighted by Gasteiger charge is 2.10. The summed E-state index contributed by atoms with van der Waals surface area (Å²) in [5.41, 5.74) is 14.4. The van der Waals surface area contributed by atoms with Crippen LogP contribution in [0.25, 0.3) is 0 Å². The summed E-state index contributed by atoms with van der Waals surface area (Å²) in [6.07, 6.45) is 0. The van der Waals surface area contributed by atoms with Gasteiger partial charge in [-0.15, -0.1) is 0 Å². The Kier molecular flexibility index (Phi) is 4.10. The van der Waals surface area contributed by atoms with Crippen molar-refractivity contribution >= 4 is 17.3 Å². The van der Waals surface area contributed by atoms with Gasteiger partial charge in [-0.25, -0.2) is 0 Å². The average molecular weight is 280 g/mol. The molecule has 0 aliphatic heterocycles. The highest BCUT2D eigenvalue weighted by atomic mass is 16.1. The summed E-state index contributed by atoms with van der Waals surface area (Å²) in [5, 5.41) is 9.13. The van der Waals surface area contributed by atoms with Gasteiger partial charge in [0.25, 0.3) is 0 Å². The van der Waals surface area contributed by atoms with Crippen LogP contribution in [0, 0.1) is 11.3 Å². The van der Waals surface area contributed by atoms with Crippen molar-refractivity contribution in [3.05, 3.63) is 59.2 Å². The zero-order chi connectivity index (χ0) is 15.4. The van der Waals surface area contributed by atoms with E-state index in [0.717, 1.165) is 11.3 Å². The molecule has 2 aromatic carbocycles. The molecule has 0 saturated heterocycles. The van der Waals surface area contributed by atoms with Gasteiger partial charge in [0, 0.05) is 24.8 Å². The first kappa shape index (κ1) is 14.4. The van der Waals surface area contributed by atoms with Crippen molar-refractivity contribution in [1.82, 2.24) is 0 Å². The summed E-state index contributed by atoms with van der Waals surface area (Å²) >= 11 is 0. The summed E-state index contributed by atoms with van der Waals surface area (Å²) in [6.45, 7) is 0.531. The van der Waals surface area contributed by atoms with Gasteiger partial charge in [-0.3, -0.25) is 4.79 Å². The van der Waals surface area contributed by atoms with Crippen LogP contribution in [0.3, 0.4) is 0 Å². The number of anilines is 2. The van der Waals surface area contributed by atoms with Crippen LogP contribution in [-0.4, -0.2) is 13.0 Å².